The zero-order valence-electron chi connectivity index (χ0n) is 9.19. The molecular formula is C10H18N2O3. The smallest absolute Gasteiger partial charge is 0.352 e. The maximum absolute atomic E-state index is 10.9. The van der Waals surface area contributed by atoms with Gasteiger partial charge in [0.05, 0.1) is 0 Å². The molecule has 0 heterocycles. The number of hydrogen-bond acceptors (Lipinski definition) is 3. The summed E-state index contributed by atoms with van der Waals surface area (Å²) in [5.41, 5.74) is 4.93. The highest BCUT2D eigenvalue weighted by atomic mass is 16.4. The molecule has 0 fully saturated rings. The molecule has 0 spiro atoms. The zero-order chi connectivity index (χ0) is 11.8. The van der Waals surface area contributed by atoms with Crippen molar-refractivity contribution in [3.63, 3.8) is 0 Å². The molecular weight excluding hydrogens is 196 g/mol. The summed E-state index contributed by atoms with van der Waals surface area (Å²) in [5.74, 6) is -1.85. The fourth-order valence-corrected chi connectivity index (χ4v) is 1.32. The van der Waals surface area contributed by atoms with Gasteiger partial charge >= 0.3 is 5.97 Å². The first-order valence-corrected chi connectivity index (χ1v) is 5.02. The van der Waals surface area contributed by atoms with Crippen molar-refractivity contribution in [3.05, 3.63) is 11.8 Å². The summed E-state index contributed by atoms with van der Waals surface area (Å²) in [4.78, 5) is 23.3. The van der Waals surface area contributed by atoms with E-state index < -0.39 is 11.9 Å². The monoisotopic (exact) mass is 214 g/mol. The van der Waals surface area contributed by atoms with Gasteiger partial charge in [0.1, 0.15) is 5.70 Å². The fraction of sp³-hybridized carbons (Fsp3) is 0.600. The number of carbonyl (C=O) groups is 2. The van der Waals surface area contributed by atoms with Crippen LogP contribution in [0.15, 0.2) is 11.8 Å². The van der Waals surface area contributed by atoms with E-state index in [1.165, 1.54) is 0 Å². The number of carbonyl (C=O) groups excluding carboxylic acids is 1. The van der Waals surface area contributed by atoms with E-state index >= 15 is 0 Å². The van der Waals surface area contributed by atoms with Gasteiger partial charge in [-0.15, -0.1) is 0 Å². The lowest BCUT2D eigenvalue weighted by molar-refractivity contribution is -0.134. The lowest BCUT2D eigenvalue weighted by atomic mass is 10.2. The summed E-state index contributed by atoms with van der Waals surface area (Å²) in [6.45, 7) is 5.12. The predicted molar refractivity (Wildman–Crippen MR) is 57.1 cm³/mol. The molecule has 0 saturated carbocycles. The lowest BCUT2D eigenvalue weighted by Gasteiger charge is -2.23. The van der Waals surface area contributed by atoms with Crippen LogP contribution < -0.4 is 5.73 Å². The molecule has 0 saturated heterocycles. The molecule has 0 atom stereocenters. The third-order valence-corrected chi connectivity index (χ3v) is 1.83. The number of carboxylic acids is 1. The number of aliphatic carboxylic acids is 1. The summed E-state index contributed by atoms with van der Waals surface area (Å²) in [6.07, 6.45) is 2.61. The van der Waals surface area contributed by atoms with Crippen LogP contribution in [0.5, 0.6) is 0 Å². The molecule has 0 unspecified atom stereocenters. The number of nitrogens with two attached hydrogens (primary N) is 1. The van der Waals surface area contributed by atoms with Crippen LogP contribution in [0, 0.1) is 0 Å². The molecule has 1 amide bonds. The normalized spacial score (nSPS) is 11.2. The van der Waals surface area contributed by atoms with Gasteiger partial charge in [-0.1, -0.05) is 13.8 Å². The Balaban J connectivity index is 4.82. The maximum atomic E-state index is 10.9. The molecule has 0 aromatic rings. The fourth-order valence-electron chi connectivity index (χ4n) is 1.32. The lowest BCUT2D eigenvalue weighted by Crippen LogP contribution is -2.30. The van der Waals surface area contributed by atoms with Gasteiger partial charge in [0.25, 0.3) is 0 Å². The van der Waals surface area contributed by atoms with Gasteiger partial charge in [0, 0.05) is 19.2 Å². The predicted octanol–water partition coefficient (Wildman–Crippen LogP) is 0.562. The number of amides is 1. The summed E-state index contributed by atoms with van der Waals surface area (Å²) in [6, 6.07) is 0. The number of primary amides is 1. The van der Waals surface area contributed by atoms with E-state index in [9.17, 15) is 9.59 Å². The first kappa shape index (κ1) is 13.5. The molecule has 0 aliphatic heterocycles. The van der Waals surface area contributed by atoms with Crippen LogP contribution in [-0.4, -0.2) is 35.0 Å². The molecule has 5 heteroatoms. The van der Waals surface area contributed by atoms with Crippen molar-refractivity contribution in [1.29, 1.82) is 0 Å². The Kier molecular flexibility index (Phi) is 6.17. The van der Waals surface area contributed by atoms with Gasteiger partial charge in [-0.3, -0.25) is 4.79 Å². The highest BCUT2D eigenvalue weighted by Crippen LogP contribution is 2.06. The number of nitrogens with zero attached hydrogens (tertiary/aromatic N) is 1. The van der Waals surface area contributed by atoms with E-state index in [1.54, 1.807) is 4.90 Å². The molecule has 0 aromatic heterocycles. The Hall–Kier alpha value is -1.52. The molecule has 0 bridgehead atoms. The van der Waals surface area contributed by atoms with Crippen molar-refractivity contribution in [1.82, 2.24) is 4.90 Å². The topological polar surface area (TPSA) is 83.6 Å². The van der Waals surface area contributed by atoms with Crippen LogP contribution in [0.1, 0.15) is 26.7 Å². The van der Waals surface area contributed by atoms with Crippen molar-refractivity contribution < 1.29 is 14.7 Å². The van der Waals surface area contributed by atoms with Gasteiger partial charge in [-0.2, -0.15) is 0 Å². The minimum Gasteiger partial charge on any atom is -0.477 e. The van der Waals surface area contributed by atoms with Crippen molar-refractivity contribution in [2.24, 2.45) is 5.73 Å². The van der Waals surface area contributed by atoms with E-state index in [0.717, 1.165) is 18.9 Å². The third kappa shape index (κ3) is 5.05. The van der Waals surface area contributed by atoms with E-state index in [-0.39, 0.29) is 5.70 Å². The van der Waals surface area contributed by atoms with Gasteiger partial charge in [-0.05, 0) is 12.8 Å². The van der Waals surface area contributed by atoms with Crippen molar-refractivity contribution in [2.75, 3.05) is 13.1 Å². The van der Waals surface area contributed by atoms with Gasteiger partial charge < -0.3 is 15.7 Å². The van der Waals surface area contributed by atoms with Crippen LogP contribution in [0.25, 0.3) is 0 Å². The molecule has 0 aliphatic carbocycles. The van der Waals surface area contributed by atoms with Crippen LogP contribution in [-0.2, 0) is 9.59 Å². The Morgan fingerprint density at radius 1 is 1.27 bits per heavy atom. The molecule has 0 radical (unpaired) electrons. The molecule has 86 valence electrons. The number of hydrogen-bond donors (Lipinski definition) is 2. The standard InChI is InChI=1S/C10H18N2O3/c1-3-5-12(6-4-2)8(10(14)15)7-9(11)13/h7H,3-6H2,1-2H3,(H2,11,13)(H,14,15)/b8-7+. The third-order valence-electron chi connectivity index (χ3n) is 1.83. The summed E-state index contributed by atoms with van der Waals surface area (Å²) < 4.78 is 0. The summed E-state index contributed by atoms with van der Waals surface area (Å²) >= 11 is 0. The van der Waals surface area contributed by atoms with Gasteiger partial charge in [0.2, 0.25) is 5.91 Å². The van der Waals surface area contributed by atoms with Crippen LogP contribution >= 0.6 is 0 Å². The van der Waals surface area contributed by atoms with Gasteiger partial charge in [0.15, 0.2) is 0 Å². The first-order valence-electron chi connectivity index (χ1n) is 5.02. The van der Waals surface area contributed by atoms with Crippen molar-refractivity contribution >= 4 is 11.9 Å². The summed E-state index contributed by atoms with van der Waals surface area (Å²) in [7, 11) is 0. The Morgan fingerprint density at radius 3 is 2.00 bits per heavy atom. The second-order valence-corrected chi connectivity index (χ2v) is 3.22. The molecule has 15 heavy (non-hydrogen) atoms. The van der Waals surface area contributed by atoms with Crippen LogP contribution in [0.3, 0.4) is 0 Å². The quantitative estimate of drug-likeness (QED) is 0.606. The summed E-state index contributed by atoms with van der Waals surface area (Å²) in [5, 5.41) is 8.93. The number of rotatable bonds is 7. The Morgan fingerprint density at radius 2 is 1.73 bits per heavy atom. The van der Waals surface area contributed by atoms with Gasteiger partial charge in [-0.25, -0.2) is 4.79 Å². The van der Waals surface area contributed by atoms with E-state index in [1.807, 2.05) is 13.8 Å². The molecule has 0 aromatic carbocycles. The van der Waals surface area contributed by atoms with Crippen molar-refractivity contribution in [2.45, 2.75) is 26.7 Å². The zero-order valence-corrected chi connectivity index (χ0v) is 9.19. The SMILES string of the molecule is CCCN(CCC)/C(=C/C(N)=O)C(=O)O. The molecule has 3 N–H and O–H groups in total. The Bertz CT molecular complexity index is 255. The van der Waals surface area contributed by atoms with E-state index in [4.69, 9.17) is 10.8 Å². The van der Waals surface area contributed by atoms with E-state index in [2.05, 4.69) is 0 Å². The highest BCUT2D eigenvalue weighted by Gasteiger charge is 2.15. The Labute approximate surface area is 89.6 Å². The first-order chi connectivity index (χ1) is 7.02. The second-order valence-electron chi connectivity index (χ2n) is 3.22. The molecule has 0 rings (SSSR count). The minimum atomic E-state index is -1.12. The minimum absolute atomic E-state index is 0.0220. The molecule has 5 nitrogen and oxygen atoms in total. The maximum Gasteiger partial charge on any atom is 0.352 e. The van der Waals surface area contributed by atoms with Crippen molar-refractivity contribution in [3.8, 4) is 0 Å². The average molecular weight is 214 g/mol. The largest absolute Gasteiger partial charge is 0.477 e. The van der Waals surface area contributed by atoms with Crippen LogP contribution in [0.2, 0.25) is 0 Å². The second kappa shape index (κ2) is 6.86. The number of carboxylic acid groups (broad SMARTS) is 1. The molecule has 0 aliphatic rings. The average Bonchev–Trinajstić information content (AvgIpc) is 2.13. The van der Waals surface area contributed by atoms with E-state index in [0.29, 0.717) is 13.1 Å². The highest BCUT2D eigenvalue weighted by molar-refractivity contribution is 5.96. The van der Waals surface area contributed by atoms with Crippen LogP contribution in [0.4, 0.5) is 0 Å².